The zero-order chi connectivity index (χ0) is 21.0. The molecule has 0 spiro atoms. The summed E-state index contributed by atoms with van der Waals surface area (Å²) in [4.78, 5) is 11.7. The average Bonchev–Trinajstić information content (AvgIpc) is 2.92. The van der Waals surface area contributed by atoms with Gasteiger partial charge in [0.05, 0.1) is 23.3 Å². The molecule has 1 aliphatic rings. The molecule has 8 heteroatoms. The van der Waals surface area contributed by atoms with Gasteiger partial charge in [-0.3, -0.25) is 9.10 Å². The highest BCUT2D eigenvalue weighted by Crippen LogP contribution is 2.46. The maximum atomic E-state index is 15.5. The van der Waals surface area contributed by atoms with Crippen LogP contribution in [-0.4, -0.2) is 32.7 Å². The molecule has 0 amide bonds. The van der Waals surface area contributed by atoms with E-state index in [4.69, 9.17) is 11.6 Å². The van der Waals surface area contributed by atoms with Crippen molar-refractivity contribution in [2.75, 3.05) is 17.1 Å². The van der Waals surface area contributed by atoms with Crippen molar-refractivity contribution in [2.24, 2.45) is 0 Å². The molecule has 1 N–H and O–H groups in total. The Hall–Kier alpha value is -2.38. The molecule has 29 heavy (non-hydrogen) atoms. The molecule has 0 saturated heterocycles. The number of carbonyl (C=O) groups is 1. The number of aromatic nitrogens is 1. The Bertz CT molecular complexity index is 1190. The van der Waals surface area contributed by atoms with Gasteiger partial charge in [0, 0.05) is 29.8 Å². The molecule has 2 aromatic carbocycles. The normalized spacial score (nSPS) is 14.4. The van der Waals surface area contributed by atoms with Gasteiger partial charge >= 0.3 is 5.97 Å². The number of benzene rings is 2. The number of hydrogen-bond acceptors (Lipinski definition) is 2. The first kappa shape index (κ1) is 19.9. The lowest BCUT2D eigenvalue weighted by atomic mass is 9.89. The third-order valence-corrected chi connectivity index (χ3v) is 6.82. The third kappa shape index (κ3) is 3.04. The van der Waals surface area contributed by atoms with E-state index in [2.05, 4.69) is 0 Å². The van der Waals surface area contributed by atoms with Crippen LogP contribution in [0.2, 0.25) is 5.02 Å². The summed E-state index contributed by atoms with van der Waals surface area (Å²) >= 11 is 6.03. The van der Waals surface area contributed by atoms with E-state index in [1.54, 1.807) is 41.8 Å². The second kappa shape index (κ2) is 7.15. The fraction of sp³-hybridized carbons (Fsp3) is 0.286. The first-order chi connectivity index (χ1) is 13.7. The summed E-state index contributed by atoms with van der Waals surface area (Å²) in [5.74, 6) is -1.38. The highest BCUT2D eigenvalue weighted by Gasteiger charge is 2.32. The van der Waals surface area contributed by atoms with Gasteiger partial charge in [0.25, 0.3) is 0 Å². The topological polar surface area (TPSA) is 62.5 Å². The van der Waals surface area contributed by atoms with E-state index in [9.17, 15) is 14.1 Å². The summed E-state index contributed by atoms with van der Waals surface area (Å²) in [6, 6.07) is 6.96. The van der Waals surface area contributed by atoms with Crippen molar-refractivity contribution in [3.05, 3.63) is 51.9 Å². The van der Waals surface area contributed by atoms with E-state index in [1.807, 2.05) is 11.5 Å². The van der Waals surface area contributed by atoms with Gasteiger partial charge in [0.15, 0.2) is 5.82 Å². The molecule has 1 atom stereocenters. The lowest BCUT2D eigenvalue weighted by molar-refractivity contribution is -0.136. The van der Waals surface area contributed by atoms with Crippen LogP contribution in [0.3, 0.4) is 0 Å². The molecule has 0 saturated carbocycles. The lowest BCUT2D eigenvalue weighted by Crippen LogP contribution is -2.34. The van der Waals surface area contributed by atoms with Crippen molar-refractivity contribution in [2.45, 2.75) is 26.8 Å². The fourth-order valence-corrected chi connectivity index (χ4v) is 5.24. The lowest BCUT2D eigenvalue weighted by Gasteiger charge is -2.32. The van der Waals surface area contributed by atoms with Crippen molar-refractivity contribution in [3.8, 4) is 11.1 Å². The van der Waals surface area contributed by atoms with Crippen LogP contribution in [0.15, 0.2) is 24.3 Å². The standard InChI is InChI=1S/C21H20ClFN2O3S/c1-11-15(10-16(26)27)17(13-4-6-14(22)7-5-13)18-19(23)12(2)24-8-9-25(29(3)28)20(11)21(18)24/h4-7H,8-10H2,1-3H3,(H,26,27). The van der Waals surface area contributed by atoms with E-state index < -0.39 is 17.0 Å². The summed E-state index contributed by atoms with van der Waals surface area (Å²) < 4.78 is 31.6. The van der Waals surface area contributed by atoms with Gasteiger partial charge in [-0.05, 0) is 48.2 Å². The Balaban J connectivity index is 2.21. The summed E-state index contributed by atoms with van der Waals surface area (Å²) in [6.07, 6.45) is 1.32. The number of carboxylic acid groups (broad SMARTS) is 1. The van der Waals surface area contributed by atoms with Crippen molar-refractivity contribution in [1.29, 1.82) is 0 Å². The molecule has 2 heterocycles. The number of carboxylic acids is 1. The molecule has 152 valence electrons. The van der Waals surface area contributed by atoms with Gasteiger partial charge in [-0.25, -0.2) is 8.60 Å². The maximum absolute atomic E-state index is 15.5. The Morgan fingerprint density at radius 1 is 1.24 bits per heavy atom. The second-order valence-corrected chi connectivity index (χ2v) is 8.93. The van der Waals surface area contributed by atoms with Crippen LogP contribution in [0.1, 0.15) is 16.8 Å². The zero-order valence-corrected chi connectivity index (χ0v) is 17.8. The van der Waals surface area contributed by atoms with Gasteiger partial charge in [-0.1, -0.05) is 23.7 Å². The van der Waals surface area contributed by atoms with Crippen LogP contribution in [0.25, 0.3) is 22.0 Å². The van der Waals surface area contributed by atoms with Gasteiger partial charge < -0.3 is 9.67 Å². The molecule has 5 nitrogen and oxygen atoms in total. The molecule has 0 aliphatic carbocycles. The minimum Gasteiger partial charge on any atom is -0.481 e. The predicted molar refractivity (Wildman–Crippen MR) is 115 cm³/mol. The van der Waals surface area contributed by atoms with Gasteiger partial charge in [0.2, 0.25) is 0 Å². The number of hydrogen-bond donors (Lipinski definition) is 1. The fourth-order valence-electron chi connectivity index (χ4n) is 4.29. The van der Waals surface area contributed by atoms with Crippen LogP contribution in [0.5, 0.6) is 0 Å². The van der Waals surface area contributed by atoms with Crippen molar-refractivity contribution >= 4 is 45.1 Å². The number of rotatable bonds is 4. The Kier molecular flexibility index (Phi) is 4.91. The number of halogens is 2. The van der Waals surface area contributed by atoms with Crippen LogP contribution in [0.4, 0.5) is 10.1 Å². The number of anilines is 1. The van der Waals surface area contributed by atoms with E-state index >= 15 is 4.39 Å². The van der Waals surface area contributed by atoms with Crippen LogP contribution in [0, 0.1) is 19.7 Å². The molecular formula is C21H20ClFN2O3S. The predicted octanol–water partition coefficient (Wildman–Crippen LogP) is 4.46. The first-order valence-corrected chi connectivity index (χ1v) is 11.0. The van der Waals surface area contributed by atoms with Crippen LogP contribution >= 0.6 is 11.6 Å². The molecular weight excluding hydrogens is 415 g/mol. The monoisotopic (exact) mass is 434 g/mol. The SMILES string of the molecule is Cc1c(CC(=O)O)c(-c2ccc(Cl)cc2)c2c(F)c(C)n3c2c1N(S(C)=O)CC3. The minimum atomic E-state index is -1.32. The minimum absolute atomic E-state index is 0.263. The maximum Gasteiger partial charge on any atom is 0.307 e. The Morgan fingerprint density at radius 3 is 2.48 bits per heavy atom. The molecule has 0 fully saturated rings. The largest absolute Gasteiger partial charge is 0.481 e. The first-order valence-electron chi connectivity index (χ1n) is 9.14. The second-order valence-electron chi connectivity index (χ2n) is 7.21. The summed E-state index contributed by atoms with van der Waals surface area (Å²) in [7, 11) is -1.32. The molecule has 0 radical (unpaired) electrons. The molecule has 1 aromatic heterocycles. The quantitative estimate of drug-likeness (QED) is 0.659. The Labute approximate surface area is 175 Å². The number of nitrogens with zero attached hydrogens (tertiary/aromatic N) is 2. The number of aliphatic carboxylic acids is 1. The van der Waals surface area contributed by atoms with Gasteiger partial charge in [-0.2, -0.15) is 0 Å². The van der Waals surface area contributed by atoms with Crippen LogP contribution < -0.4 is 4.31 Å². The highest BCUT2D eigenvalue weighted by atomic mass is 35.5. The third-order valence-electron chi connectivity index (χ3n) is 5.58. The van der Waals surface area contributed by atoms with E-state index in [-0.39, 0.29) is 12.2 Å². The van der Waals surface area contributed by atoms with Crippen molar-refractivity contribution < 1.29 is 18.5 Å². The summed E-state index contributed by atoms with van der Waals surface area (Å²) in [5.41, 5.74) is 4.29. The van der Waals surface area contributed by atoms with Crippen LogP contribution in [-0.2, 0) is 28.7 Å². The smallest absolute Gasteiger partial charge is 0.307 e. The summed E-state index contributed by atoms with van der Waals surface area (Å²) in [6.45, 7) is 4.52. The zero-order valence-electron chi connectivity index (χ0n) is 16.3. The van der Waals surface area contributed by atoms with E-state index in [0.717, 1.165) is 0 Å². The molecule has 3 aromatic rings. The highest BCUT2D eigenvalue weighted by molar-refractivity contribution is 7.85. The van der Waals surface area contributed by atoms with E-state index in [1.165, 1.54) is 0 Å². The molecule has 1 unspecified atom stereocenters. The molecule has 1 aliphatic heterocycles. The van der Waals surface area contributed by atoms with Crippen molar-refractivity contribution in [3.63, 3.8) is 0 Å². The van der Waals surface area contributed by atoms with E-state index in [0.29, 0.717) is 62.7 Å². The van der Waals surface area contributed by atoms with Crippen molar-refractivity contribution in [1.82, 2.24) is 4.57 Å². The van der Waals surface area contributed by atoms with Gasteiger partial charge in [-0.15, -0.1) is 0 Å². The molecule has 0 bridgehead atoms. The average molecular weight is 435 g/mol. The van der Waals surface area contributed by atoms with Gasteiger partial charge in [0.1, 0.15) is 11.0 Å². The summed E-state index contributed by atoms with van der Waals surface area (Å²) in [5, 5.41) is 10.5. The molecule has 4 rings (SSSR count). The Morgan fingerprint density at radius 2 is 1.90 bits per heavy atom.